The summed E-state index contributed by atoms with van der Waals surface area (Å²) in [6.45, 7) is 11.3. The lowest BCUT2D eigenvalue weighted by atomic mass is 9.44. The Morgan fingerprint density at radius 1 is 1.24 bits per heavy atom. The summed E-state index contributed by atoms with van der Waals surface area (Å²) in [6, 6.07) is 0. The fourth-order valence-electron chi connectivity index (χ4n) is 7.80. The molecule has 0 bridgehead atoms. The number of halogens is 1. The van der Waals surface area contributed by atoms with Crippen molar-refractivity contribution >= 4 is 11.6 Å². The number of nitrogens with one attached hydrogen (secondary N) is 1. The quantitative estimate of drug-likeness (QED) is 0.467. The van der Waals surface area contributed by atoms with Gasteiger partial charge in [0.25, 0.3) is 0 Å². The molecule has 0 unspecified atom stereocenters. The highest BCUT2D eigenvalue weighted by molar-refractivity contribution is 6.01. The van der Waals surface area contributed by atoms with Crippen molar-refractivity contribution in [2.24, 2.45) is 22.7 Å². The Labute approximate surface area is 202 Å². The minimum absolute atomic E-state index is 0.0248. The van der Waals surface area contributed by atoms with Crippen LogP contribution < -0.4 is 5.32 Å². The van der Waals surface area contributed by atoms with Crippen LogP contribution in [0.4, 0.5) is 4.39 Å². The zero-order valence-electron chi connectivity index (χ0n) is 21.1. The zero-order chi connectivity index (χ0) is 24.9. The van der Waals surface area contributed by atoms with Gasteiger partial charge in [-0.05, 0) is 70.2 Å². The van der Waals surface area contributed by atoms with Gasteiger partial charge in [-0.2, -0.15) is 0 Å². The average molecular weight is 477 g/mol. The van der Waals surface area contributed by atoms with Crippen LogP contribution in [0.2, 0.25) is 0 Å². The van der Waals surface area contributed by atoms with E-state index in [2.05, 4.69) is 24.1 Å². The number of alkyl halides is 1. The van der Waals surface area contributed by atoms with E-state index in [9.17, 15) is 19.8 Å². The van der Waals surface area contributed by atoms with Crippen molar-refractivity contribution in [2.75, 3.05) is 32.7 Å². The molecule has 6 nitrogen and oxygen atoms in total. The first-order chi connectivity index (χ1) is 16.0. The maximum Gasteiger partial charge on any atom is 0.178 e. The van der Waals surface area contributed by atoms with Gasteiger partial charge in [-0.1, -0.05) is 32.4 Å². The van der Waals surface area contributed by atoms with Crippen LogP contribution >= 0.6 is 0 Å². The summed E-state index contributed by atoms with van der Waals surface area (Å²) in [4.78, 5) is 27.5. The van der Waals surface area contributed by atoms with Crippen molar-refractivity contribution in [3.8, 4) is 0 Å². The summed E-state index contributed by atoms with van der Waals surface area (Å²) in [5, 5.41) is 26.2. The van der Waals surface area contributed by atoms with E-state index < -0.39 is 34.1 Å². The second kappa shape index (κ2) is 8.91. The number of hydrogen-bond donors (Lipinski definition) is 3. The number of carbonyl (C=O) groups is 2. The van der Waals surface area contributed by atoms with Gasteiger partial charge in [0.1, 0.15) is 5.60 Å². The molecule has 3 fully saturated rings. The SMILES string of the molecule is CCN(CC)CCNCC(=O)[C@@]1(O)CC[C@H]2[C@@H]3CCC4=CC(=O)C=C[C@]4(C)[C@@]3(F)[C@@H](O)C[C@@]21C. The topological polar surface area (TPSA) is 89.9 Å². The van der Waals surface area contributed by atoms with Gasteiger partial charge in [-0.3, -0.25) is 9.59 Å². The number of ketones is 2. The number of rotatable bonds is 8. The van der Waals surface area contributed by atoms with Gasteiger partial charge < -0.3 is 20.4 Å². The minimum Gasteiger partial charge on any atom is -0.390 e. The fourth-order valence-corrected chi connectivity index (χ4v) is 7.80. The number of Topliss-reactive ketones (excluding diaryl/α,β-unsaturated/α-hetero) is 1. The predicted octanol–water partition coefficient (Wildman–Crippen LogP) is 2.59. The number of fused-ring (bicyclic) bond motifs is 5. The Balaban J connectivity index is 1.55. The first-order valence-electron chi connectivity index (χ1n) is 13.0. The Bertz CT molecular complexity index is 901. The minimum atomic E-state index is -1.94. The molecular weight excluding hydrogens is 435 g/mol. The Kier molecular flexibility index (Phi) is 6.73. The first-order valence-corrected chi connectivity index (χ1v) is 13.0. The number of aliphatic hydroxyl groups excluding tert-OH is 1. The molecule has 0 aliphatic heterocycles. The highest BCUT2D eigenvalue weighted by atomic mass is 19.1. The van der Waals surface area contributed by atoms with Gasteiger partial charge in [0, 0.05) is 29.8 Å². The van der Waals surface area contributed by atoms with E-state index in [1.165, 1.54) is 12.2 Å². The first kappa shape index (κ1) is 25.7. The van der Waals surface area contributed by atoms with E-state index in [-0.39, 0.29) is 36.9 Å². The lowest BCUT2D eigenvalue weighted by Gasteiger charge is -2.62. The molecule has 0 spiro atoms. The number of nitrogens with zero attached hydrogens (tertiary/aromatic N) is 1. The van der Waals surface area contributed by atoms with E-state index in [0.29, 0.717) is 25.8 Å². The van der Waals surface area contributed by atoms with Gasteiger partial charge in [0.05, 0.1) is 12.6 Å². The van der Waals surface area contributed by atoms with E-state index >= 15 is 4.39 Å². The van der Waals surface area contributed by atoms with Crippen LogP contribution in [0.5, 0.6) is 0 Å². The fraction of sp³-hybridized carbons (Fsp3) is 0.778. The molecular formula is C27H41FN2O4. The molecule has 4 aliphatic carbocycles. The molecule has 3 saturated carbocycles. The molecule has 190 valence electrons. The third-order valence-electron chi connectivity index (χ3n) is 10.0. The van der Waals surface area contributed by atoms with Crippen LogP contribution in [0.15, 0.2) is 23.8 Å². The summed E-state index contributed by atoms with van der Waals surface area (Å²) in [5.74, 6) is -1.10. The second-order valence-corrected chi connectivity index (χ2v) is 11.3. The maximum absolute atomic E-state index is 17.1. The standard InChI is InChI=1S/C27H41FN2O4/c1-5-30(6-2)14-13-29-17-23(33)26(34)12-10-20-21-8-7-18-15-19(31)9-11-24(18,3)27(21,28)22(32)16-25(20,26)4/h9,11,15,20-22,29,32,34H,5-8,10,12-14,16-17H2,1-4H3/t20-,21-,22-,24-,25-,26-,27-/m0/s1. The number of carbonyl (C=O) groups excluding carboxylic acids is 2. The second-order valence-electron chi connectivity index (χ2n) is 11.3. The van der Waals surface area contributed by atoms with Crippen LogP contribution in [0.1, 0.15) is 59.8 Å². The molecule has 4 rings (SSSR count). The molecule has 0 aromatic carbocycles. The van der Waals surface area contributed by atoms with E-state index in [1.807, 2.05) is 6.92 Å². The highest BCUT2D eigenvalue weighted by Gasteiger charge is 2.73. The number of likely N-dealkylation sites (N-methyl/N-ethyl adjacent to an activating group) is 1. The molecule has 7 heteroatoms. The Morgan fingerprint density at radius 2 is 1.94 bits per heavy atom. The monoisotopic (exact) mass is 476 g/mol. The predicted molar refractivity (Wildman–Crippen MR) is 129 cm³/mol. The summed E-state index contributed by atoms with van der Waals surface area (Å²) in [5.41, 5.74) is -4.73. The molecule has 34 heavy (non-hydrogen) atoms. The highest BCUT2D eigenvalue weighted by Crippen LogP contribution is 2.69. The molecule has 0 heterocycles. The molecule has 7 atom stereocenters. The molecule has 3 N–H and O–H groups in total. The van der Waals surface area contributed by atoms with Crippen molar-refractivity contribution in [1.82, 2.24) is 10.2 Å². The maximum atomic E-state index is 17.1. The van der Waals surface area contributed by atoms with Gasteiger partial charge in [0.2, 0.25) is 0 Å². The smallest absolute Gasteiger partial charge is 0.178 e. The molecule has 0 aromatic heterocycles. The lowest BCUT2D eigenvalue weighted by Crippen LogP contribution is -2.69. The number of hydrogen-bond acceptors (Lipinski definition) is 6. The van der Waals surface area contributed by atoms with Crippen molar-refractivity contribution < 1.29 is 24.2 Å². The summed E-state index contributed by atoms with van der Waals surface area (Å²) in [7, 11) is 0. The van der Waals surface area contributed by atoms with Crippen LogP contribution in [-0.4, -0.2) is 76.8 Å². The molecule has 0 amide bonds. The zero-order valence-corrected chi connectivity index (χ0v) is 21.1. The van der Waals surface area contributed by atoms with Gasteiger partial charge in [-0.25, -0.2) is 4.39 Å². The third kappa shape index (κ3) is 3.49. The van der Waals surface area contributed by atoms with Gasteiger partial charge >= 0.3 is 0 Å². The molecule has 0 aromatic rings. The van der Waals surface area contributed by atoms with Crippen LogP contribution in [0, 0.1) is 22.7 Å². The van der Waals surface area contributed by atoms with E-state index in [0.717, 1.165) is 25.2 Å². The average Bonchev–Trinajstić information content (AvgIpc) is 3.07. The van der Waals surface area contributed by atoms with E-state index in [4.69, 9.17) is 0 Å². The van der Waals surface area contributed by atoms with Crippen LogP contribution in [0.25, 0.3) is 0 Å². The number of allylic oxidation sites excluding steroid dienone is 4. The Morgan fingerprint density at radius 3 is 2.62 bits per heavy atom. The molecule has 0 saturated heterocycles. The van der Waals surface area contributed by atoms with Crippen molar-refractivity contribution in [2.45, 2.75) is 77.2 Å². The third-order valence-corrected chi connectivity index (χ3v) is 10.0. The van der Waals surface area contributed by atoms with Crippen molar-refractivity contribution in [1.29, 1.82) is 0 Å². The van der Waals surface area contributed by atoms with Gasteiger partial charge in [0.15, 0.2) is 17.2 Å². The van der Waals surface area contributed by atoms with Crippen LogP contribution in [-0.2, 0) is 9.59 Å². The summed E-state index contributed by atoms with van der Waals surface area (Å²) < 4.78 is 17.1. The van der Waals surface area contributed by atoms with Gasteiger partial charge in [-0.15, -0.1) is 0 Å². The van der Waals surface area contributed by atoms with E-state index in [1.54, 1.807) is 13.0 Å². The normalized spacial score (nSPS) is 43.4. The van der Waals surface area contributed by atoms with Crippen LogP contribution in [0.3, 0.4) is 0 Å². The summed E-state index contributed by atoms with van der Waals surface area (Å²) in [6.07, 6.45) is 5.19. The molecule has 4 aliphatic rings. The van der Waals surface area contributed by atoms with Crippen molar-refractivity contribution in [3.05, 3.63) is 23.8 Å². The summed E-state index contributed by atoms with van der Waals surface area (Å²) >= 11 is 0. The largest absolute Gasteiger partial charge is 0.390 e. The lowest BCUT2D eigenvalue weighted by molar-refractivity contribution is -0.216. The Hall–Kier alpha value is -1.41. The van der Waals surface area contributed by atoms with Crippen molar-refractivity contribution in [3.63, 3.8) is 0 Å². The molecule has 0 radical (unpaired) electrons. The number of aliphatic hydroxyl groups is 2.